The highest BCUT2D eigenvalue weighted by atomic mass is 35.5. The van der Waals surface area contributed by atoms with Gasteiger partial charge in [-0.3, -0.25) is 0 Å². The Hall–Kier alpha value is -0.380. The first-order chi connectivity index (χ1) is 9.25. The summed E-state index contributed by atoms with van der Waals surface area (Å²) < 4.78 is 0. The van der Waals surface area contributed by atoms with E-state index < -0.39 is 0 Å². The number of para-hydroxylation sites is 1. The molecule has 1 N–H and O–H groups in total. The quantitative estimate of drug-likeness (QED) is 0.895. The summed E-state index contributed by atoms with van der Waals surface area (Å²) in [6, 6.07) is 7.64. The average molecular weight is 297 g/mol. The zero-order chi connectivity index (χ0) is 13.2. The van der Waals surface area contributed by atoms with Crippen molar-refractivity contribution >= 4 is 29.1 Å². The Morgan fingerprint density at radius 2 is 2.21 bits per heavy atom. The van der Waals surface area contributed by atoms with Gasteiger partial charge in [0.2, 0.25) is 0 Å². The number of anilines is 1. The van der Waals surface area contributed by atoms with Crippen LogP contribution in [-0.2, 0) is 6.54 Å². The third-order valence-corrected chi connectivity index (χ3v) is 5.48. The molecule has 1 saturated carbocycles. The highest BCUT2D eigenvalue weighted by molar-refractivity contribution is 7.99. The van der Waals surface area contributed by atoms with Crippen molar-refractivity contribution in [3.05, 3.63) is 28.8 Å². The monoisotopic (exact) mass is 296 g/mol. The Morgan fingerprint density at radius 1 is 1.37 bits per heavy atom. The molecule has 1 unspecified atom stereocenters. The van der Waals surface area contributed by atoms with Gasteiger partial charge in [0.05, 0.1) is 10.7 Å². The van der Waals surface area contributed by atoms with E-state index in [2.05, 4.69) is 29.4 Å². The molecule has 2 aliphatic rings. The molecule has 0 aromatic heterocycles. The lowest BCUT2D eigenvalue weighted by molar-refractivity contribution is 0.669. The maximum atomic E-state index is 6.46. The second-order valence-electron chi connectivity index (χ2n) is 5.53. The summed E-state index contributed by atoms with van der Waals surface area (Å²) in [6.07, 6.45) is 3.91. The van der Waals surface area contributed by atoms with Gasteiger partial charge >= 0.3 is 0 Å². The van der Waals surface area contributed by atoms with Crippen molar-refractivity contribution in [3.8, 4) is 0 Å². The smallest absolute Gasteiger partial charge is 0.0642 e. The molecule has 0 radical (unpaired) electrons. The van der Waals surface area contributed by atoms with Crippen molar-refractivity contribution < 1.29 is 0 Å². The van der Waals surface area contributed by atoms with Crippen LogP contribution in [0.2, 0.25) is 5.02 Å². The number of hydrogen-bond acceptors (Lipinski definition) is 3. The minimum atomic E-state index is 0.629. The number of nitrogens with zero attached hydrogens (tertiary/aromatic N) is 1. The molecular formula is C15H21ClN2S. The second kappa shape index (κ2) is 5.94. The standard InChI is InChI=1S/C15H21ClN2S/c1-18(13-7-8-19-10-13)15-11(3-2-4-14(15)16)9-17-12-5-6-12/h2-4,12-13,17H,5-10H2,1H3. The lowest BCUT2D eigenvalue weighted by Gasteiger charge is -2.29. The number of halogens is 1. The van der Waals surface area contributed by atoms with Crippen LogP contribution in [-0.4, -0.2) is 30.6 Å². The van der Waals surface area contributed by atoms with Gasteiger partial charge in [-0.25, -0.2) is 0 Å². The van der Waals surface area contributed by atoms with Crippen molar-refractivity contribution in [2.45, 2.75) is 37.9 Å². The minimum absolute atomic E-state index is 0.629. The molecule has 1 aliphatic heterocycles. The Bertz CT molecular complexity index is 442. The van der Waals surface area contributed by atoms with Crippen LogP contribution in [0.5, 0.6) is 0 Å². The molecule has 2 nitrogen and oxygen atoms in total. The van der Waals surface area contributed by atoms with Crippen molar-refractivity contribution in [3.63, 3.8) is 0 Å². The summed E-state index contributed by atoms with van der Waals surface area (Å²) in [5.41, 5.74) is 2.56. The van der Waals surface area contributed by atoms with E-state index in [1.54, 1.807) is 0 Å². The predicted molar refractivity (Wildman–Crippen MR) is 85.4 cm³/mol. The Kier molecular flexibility index (Phi) is 4.25. The fraction of sp³-hybridized carbons (Fsp3) is 0.600. The van der Waals surface area contributed by atoms with Crippen LogP contribution >= 0.6 is 23.4 Å². The van der Waals surface area contributed by atoms with Gasteiger partial charge in [0, 0.05) is 31.4 Å². The zero-order valence-corrected chi connectivity index (χ0v) is 12.9. The topological polar surface area (TPSA) is 15.3 Å². The molecule has 0 bridgehead atoms. The van der Waals surface area contributed by atoms with Gasteiger partial charge in [0.25, 0.3) is 0 Å². The summed E-state index contributed by atoms with van der Waals surface area (Å²) in [7, 11) is 2.19. The Morgan fingerprint density at radius 3 is 2.89 bits per heavy atom. The zero-order valence-electron chi connectivity index (χ0n) is 11.4. The SMILES string of the molecule is CN(c1c(Cl)cccc1CNC1CC1)C1CCSC1. The number of rotatable bonds is 5. The Balaban J connectivity index is 1.79. The van der Waals surface area contributed by atoms with Gasteiger partial charge in [-0.1, -0.05) is 23.7 Å². The van der Waals surface area contributed by atoms with Crippen LogP contribution in [0.25, 0.3) is 0 Å². The first-order valence-corrected chi connectivity index (χ1v) is 8.60. The van der Waals surface area contributed by atoms with E-state index in [1.165, 1.54) is 42.0 Å². The largest absolute Gasteiger partial charge is 0.369 e. The fourth-order valence-corrected chi connectivity index (χ4v) is 4.24. The van der Waals surface area contributed by atoms with Gasteiger partial charge in [0.15, 0.2) is 0 Å². The van der Waals surface area contributed by atoms with Crippen LogP contribution in [0, 0.1) is 0 Å². The first-order valence-electron chi connectivity index (χ1n) is 7.07. The third kappa shape index (κ3) is 3.21. The van der Waals surface area contributed by atoms with E-state index in [4.69, 9.17) is 11.6 Å². The van der Waals surface area contributed by atoms with Gasteiger partial charge in [-0.05, 0) is 36.6 Å². The van der Waals surface area contributed by atoms with E-state index in [9.17, 15) is 0 Å². The van der Waals surface area contributed by atoms with Gasteiger partial charge in [-0.15, -0.1) is 0 Å². The molecule has 1 atom stereocenters. The minimum Gasteiger partial charge on any atom is -0.369 e. The molecule has 1 aromatic rings. The van der Waals surface area contributed by atoms with Crippen LogP contribution in [0.3, 0.4) is 0 Å². The molecule has 0 amide bonds. The molecule has 3 rings (SSSR count). The lowest BCUT2D eigenvalue weighted by Crippen LogP contribution is -2.33. The third-order valence-electron chi connectivity index (χ3n) is 4.03. The van der Waals surface area contributed by atoms with Crippen LogP contribution in [0.15, 0.2) is 18.2 Å². The molecule has 19 heavy (non-hydrogen) atoms. The number of benzene rings is 1. The molecule has 1 heterocycles. The highest BCUT2D eigenvalue weighted by Gasteiger charge is 2.25. The number of nitrogens with one attached hydrogen (secondary N) is 1. The van der Waals surface area contributed by atoms with Crippen molar-refractivity contribution in [2.24, 2.45) is 0 Å². The van der Waals surface area contributed by atoms with E-state index >= 15 is 0 Å². The molecule has 0 spiro atoms. The number of hydrogen-bond donors (Lipinski definition) is 1. The molecule has 104 valence electrons. The first kappa shape index (κ1) is 13.6. The summed E-state index contributed by atoms with van der Waals surface area (Å²) in [5, 5.41) is 4.48. The Labute approximate surface area is 124 Å². The molecule has 1 saturated heterocycles. The molecule has 2 fully saturated rings. The normalized spacial score (nSPS) is 22.7. The summed E-state index contributed by atoms with van der Waals surface area (Å²) in [4.78, 5) is 2.40. The highest BCUT2D eigenvalue weighted by Crippen LogP contribution is 2.34. The van der Waals surface area contributed by atoms with Gasteiger partial charge < -0.3 is 10.2 Å². The van der Waals surface area contributed by atoms with Gasteiger partial charge in [-0.2, -0.15) is 11.8 Å². The van der Waals surface area contributed by atoms with E-state index in [1.807, 2.05) is 17.8 Å². The molecule has 1 aliphatic carbocycles. The lowest BCUT2D eigenvalue weighted by atomic mass is 10.1. The molecule has 1 aromatic carbocycles. The number of thioether (sulfide) groups is 1. The summed E-state index contributed by atoms with van der Waals surface area (Å²) in [6.45, 7) is 0.935. The van der Waals surface area contributed by atoms with E-state index in [-0.39, 0.29) is 0 Å². The average Bonchev–Trinajstić information content (AvgIpc) is 3.07. The van der Waals surface area contributed by atoms with Gasteiger partial charge in [0.1, 0.15) is 0 Å². The van der Waals surface area contributed by atoms with Crippen LogP contribution in [0.1, 0.15) is 24.8 Å². The van der Waals surface area contributed by atoms with Crippen LogP contribution in [0.4, 0.5) is 5.69 Å². The summed E-state index contributed by atoms with van der Waals surface area (Å²) in [5.74, 6) is 2.49. The fourth-order valence-electron chi connectivity index (χ4n) is 2.65. The molecular weight excluding hydrogens is 276 g/mol. The summed E-state index contributed by atoms with van der Waals surface area (Å²) >= 11 is 8.50. The maximum absolute atomic E-state index is 6.46. The van der Waals surface area contributed by atoms with E-state index in [0.717, 1.165) is 17.6 Å². The van der Waals surface area contributed by atoms with Crippen LogP contribution < -0.4 is 10.2 Å². The second-order valence-corrected chi connectivity index (χ2v) is 7.09. The molecule has 4 heteroatoms. The van der Waals surface area contributed by atoms with Crippen molar-refractivity contribution in [1.29, 1.82) is 0 Å². The van der Waals surface area contributed by atoms with Crippen molar-refractivity contribution in [1.82, 2.24) is 5.32 Å². The van der Waals surface area contributed by atoms with Crippen molar-refractivity contribution in [2.75, 3.05) is 23.5 Å². The van der Waals surface area contributed by atoms with E-state index in [0.29, 0.717) is 6.04 Å². The predicted octanol–water partition coefficient (Wildman–Crippen LogP) is 3.53. The maximum Gasteiger partial charge on any atom is 0.0642 e.